The molecule has 2 aliphatic rings. The van der Waals surface area contributed by atoms with Gasteiger partial charge in [0.25, 0.3) is 0 Å². The van der Waals surface area contributed by atoms with Crippen molar-refractivity contribution in [3.05, 3.63) is 23.7 Å². The highest BCUT2D eigenvalue weighted by atomic mass is 16.3. The average molecular weight is 262 g/mol. The van der Waals surface area contributed by atoms with E-state index >= 15 is 0 Å². The standard InChI is InChI=1S/C16H26N2O/c1-3-12-9-18(7-6-15(12)17)10-13-4-5-16(19-13)14-8-11(14)2/h4-5,11-12,14-15H,3,6-10,17H2,1-2H3. The first-order chi connectivity index (χ1) is 9.17. The lowest BCUT2D eigenvalue weighted by Gasteiger charge is -2.36. The Morgan fingerprint density at radius 3 is 2.89 bits per heavy atom. The molecule has 2 fully saturated rings. The highest BCUT2D eigenvalue weighted by Crippen LogP contribution is 2.47. The number of piperidine rings is 1. The summed E-state index contributed by atoms with van der Waals surface area (Å²) in [6.07, 6.45) is 3.59. The van der Waals surface area contributed by atoms with Crippen molar-refractivity contribution in [3.63, 3.8) is 0 Å². The highest BCUT2D eigenvalue weighted by molar-refractivity contribution is 5.17. The molecule has 1 saturated heterocycles. The van der Waals surface area contributed by atoms with Crippen LogP contribution in [0, 0.1) is 11.8 Å². The Morgan fingerprint density at radius 1 is 1.42 bits per heavy atom. The molecule has 3 rings (SSSR count). The second-order valence-corrected chi connectivity index (χ2v) is 6.48. The van der Waals surface area contributed by atoms with Crippen molar-refractivity contribution in [1.29, 1.82) is 0 Å². The lowest BCUT2D eigenvalue weighted by Crippen LogP contribution is -2.46. The van der Waals surface area contributed by atoms with Crippen LogP contribution in [0.5, 0.6) is 0 Å². The van der Waals surface area contributed by atoms with E-state index in [4.69, 9.17) is 10.2 Å². The fourth-order valence-electron chi connectivity index (χ4n) is 3.32. The first kappa shape index (κ1) is 13.2. The van der Waals surface area contributed by atoms with Crippen molar-refractivity contribution in [2.24, 2.45) is 17.6 Å². The second kappa shape index (κ2) is 5.29. The van der Waals surface area contributed by atoms with Gasteiger partial charge in [-0.05, 0) is 36.8 Å². The number of nitrogens with zero attached hydrogens (tertiary/aromatic N) is 1. The maximum absolute atomic E-state index is 6.16. The number of likely N-dealkylation sites (tertiary alicyclic amines) is 1. The van der Waals surface area contributed by atoms with Crippen LogP contribution in [0.1, 0.15) is 50.5 Å². The average Bonchev–Trinajstić information content (AvgIpc) is 2.96. The molecule has 2 heterocycles. The number of nitrogens with two attached hydrogens (primary N) is 1. The SMILES string of the molecule is CCC1CN(Cc2ccc(C3CC3C)o2)CCC1N. The summed E-state index contributed by atoms with van der Waals surface area (Å²) in [6.45, 7) is 7.71. The molecule has 1 aliphatic carbocycles. The number of rotatable bonds is 4. The molecule has 0 spiro atoms. The van der Waals surface area contributed by atoms with Crippen LogP contribution in [0.25, 0.3) is 0 Å². The molecular formula is C16H26N2O. The molecule has 0 amide bonds. The van der Waals surface area contributed by atoms with Crippen LogP contribution in [0.3, 0.4) is 0 Å². The van der Waals surface area contributed by atoms with Gasteiger partial charge in [-0.2, -0.15) is 0 Å². The van der Waals surface area contributed by atoms with E-state index in [1.54, 1.807) is 0 Å². The third kappa shape index (κ3) is 2.87. The van der Waals surface area contributed by atoms with E-state index in [0.29, 0.717) is 17.9 Å². The Morgan fingerprint density at radius 2 is 2.21 bits per heavy atom. The van der Waals surface area contributed by atoms with Crippen molar-refractivity contribution in [3.8, 4) is 0 Å². The first-order valence-electron chi connectivity index (χ1n) is 7.74. The van der Waals surface area contributed by atoms with Crippen LogP contribution in [0.2, 0.25) is 0 Å². The summed E-state index contributed by atoms with van der Waals surface area (Å²) in [5.74, 6) is 4.47. The normalized spacial score (nSPS) is 35.5. The fourth-order valence-corrected chi connectivity index (χ4v) is 3.32. The fraction of sp³-hybridized carbons (Fsp3) is 0.750. The summed E-state index contributed by atoms with van der Waals surface area (Å²) in [5, 5.41) is 0. The molecule has 4 unspecified atom stereocenters. The summed E-state index contributed by atoms with van der Waals surface area (Å²) in [7, 11) is 0. The van der Waals surface area contributed by atoms with E-state index in [9.17, 15) is 0 Å². The molecule has 1 aromatic heterocycles. The van der Waals surface area contributed by atoms with Gasteiger partial charge in [0.1, 0.15) is 11.5 Å². The molecule has 19 heavy (non-hydrogen) atoms. The van der Waals surface area contributed by atoms with Crippen molar-refractivity contribution >= 4 is 0 Å². The van der Waals surface area contributed by atoms with Crippen LogP contribution >= 0.6 is 0 Å². The monoisotopic (exact) mass is 262 g/mol. The van der Waals surface area contributed by atoms with Gasteiger partial charge in [-0.25, -0.2) is 0 Å². The van der Waals surface area contributed by atoms with Crippen LogP contribution in [-0.2, 0) is 6.54 Å². The highest BCUT2D eigenvalue weighted by Gasteiger charge is 2.36. The van der Waals surface area contributed by atoms with E-state index in [1.165, 1.54) is 18.6 Å². The number of hydrogen-bond acceptors (Lipinski definition) is 3. The molecule has 4 atom stereocenters. The van der Waals surface area contributed by atoms with Gasteiger partial charge in [0.2, 0.25) is 0 Å². The predicted octanol–water partition coefficient (Wildman–Crippen LogP) is 2.96. The molecule has 2 N–H and O–H groups in total. The summed E-state index contributed by atoms with van der Waals surface area (Å²) in [6, 6.07) is 4.73. The number of hydrogen-bond donors (Lipinski definition) is 1. The molecule has 1 saturated carbocycles. The van der Waals surface area contributed by atoms with Gasteiger partial charge in [-0.15, -0.1) is 0 Å². The third-order valence-corrected chi connectivity index (χ3v) is 4.94. The van der Waals surface area contributed by atoms with Crippen LogP contribution in [-0.4, -0.2) is 24.0 Å². The van der Waals surface area contributed by atoms with Gasteiger partial charge < -0.3 is 10.2 Å². The van der Waals surface area contributed by atoms with Gasteiger partial charge >= 0.3 is 0 Å². The van der Waals surface area contributed by atoms with Gasteiger partial charge in [-0.1, -0.05) is 20.3 Å². The van der Waals surface area contributed by atoms with Crippen molar-refractivity contribution < 1.29 is 4.42 Å². The largest absolute Gasteiger partial charge is 0.464 e. The maximum atomic E-state index is 6.16. The molecule has 0 radical (unpaired) electrons. The maximum Gasteiger partial charge on any atom is 0.118 e. The molecular weight excluding hydrogens is 236 g/mol. The minimum atomic E-state index is 0.390. The van der Waals surface area contributed by atoms with E-state index < -0.39 is 0 Å². The molecule has 1 aliphatic heterocycles. The summed E-state index contributed by atoms with van der Waals surface area (Å²) >= 11 is 0. The Labute approximate surface area is 116 Å². The zero-order chi connectivity index (χ0) is 13.4. The molecule has 106 valence electrons. The van der Waals surface area contributed by atoms with E-state index in [0.717, 1.165) is 37.7 Å². The summed E-state index contributed by atoms with van der Waals surface area (Å²) in [5.41, 5.74) is 6.16. The molecule has 0 aromatic carbocycles. The summed E-state index contributed by atoms with van der Waals surface area (Å²) < 4.78 is 6.00. The molecule has 3 heteroatoms. The van der Waals surface area contributed by atoms with E-state index in [-0.39, 0.29) is 0 Å². The third-order valence-electron chi connectivity index (χ3n) is 4.94. The van der Waals surface area contributed by atoms with Crippen molar-refractivity contribution in [1.82, 2.24) is 4.90 Å². The number of furan rings is 1. The van der Waals surface area contributed by atoms with Crippen molar-refractivity contribution in [2.45, 2.75) is 51.6 Å². The van der Waals surface area contributed by atoms with Crippen LogP contribution in [0.15, 0.2) is 16.5 Å². The van der Waals surface area contributed by atoms with E-state index in [2.05, 4.69) is 30.9 Å². The van der Waals surface area contributed by atoms with Gasteiger partial charge in [0, 0.05) is 25.0 Å². The lowest BCUT2D eigenvalue weighted by atomic mass is 9.91. The van der Waals surface area contributed by atoms with Gasteiger partial charge in [-0.3, -0.25) is 4.90 Å². The minimum absolute atomic E-state index is 0.390. The van der Waals surface area contributed by atoms with E-state index in [1.807, 2.05) is 0 Å². The molecule has 0 bridgehead atoms. The Bertz CT molecular complexity index is 428. The Hall–Kier alpha value is -0.800. The molecule has 1 aromatic rings. The van der Waals surface area contributed by atoms with Crippen molar-refractivity contribution in [2.75, 3.05) is 13.1 Å². The zero-order valence-corrected chi connectivity index (χ0v) is 12.1. The first-order valence-corrected chi connectivity index (χ1v) is 7.74. The Balaban J connectivity index is 1.57. The second-order valence-electron chi connectivity index (χ2n) is 6.48. The smallest absolute Gasteiger partial charge is 0.118 e. The van der Waals surface area contributed by atoms with Crippen LogP contribution < -0.4 is 5.73 Å². The van der Waals surface area contributed by atoms with Crippen LogP contribution in [0.4, 0.5) is 0 Å². The lowest BCUT2D eigenvalue weighted by molar-refractivity contribution is 0.136. The topological polar surface area (TPSA) is 42.4 Å². The van der Waals surface area contributed by atoms with Gasteiger partial charge in [0.05, 0.1) is 6.54 Å². The minimum Gasteiger partial charge on any atom is -0.464 e. The summed E-state index contributed by atoms with van der Waals surface area (Å²) in [4.78, 5) is 2.50. The van der Waals surface area contributed by atoms with Gasteiger partial charge in [0.15, 0.2) is 0 Å². The molecule has 3 nitrogen and oxygen atoms in total. The predicted molar refractivity (Wildman–Crippen MR) is 76.9 cm³/mol. The Kier molecular flexibility index (Phi) is 3.68. The quantitative estimate of drug-likeness (QED) is 0.907. The zero-order valence-electron chi connectivity index (χ0n) is 12.1.